The number of carbonyl (C=O) groups excluding carboxylic acids is 1. The molecule has 1 atom stereocenters. The van der Waals surface area contributed by atoms with Gasteiger partial charge in [-0.25, -0.2) is 14.2 Å². The molecule has 0 bridgehead atoms. The lowest BCUT2D eigenvalue weighted by Gasteiger charge is -2.47. The number of aromatic nitrogens is 2. The Labute approximate surface area is 201 Å². The summed E-state index contributed by atoms with van der Waals surface area (Å²) in [4.78, 5) is 27.6. The number of carboxylic acids is 1. The zero-order valence-corrected chi connectivity index (χ0v) is 19.3. The van der Waals surface area contributed by atoms with Gasteiger partial charge in [0.2, 0.25) is 0 Å². The maximum Gasteiger partial charge on any atom is 0.490 e. The quantitative estimate of drug-likeness (QED) is 0.533. The van der Waals surface area contributed by atoms with E-state index in [1.807, 2.05) is 58.7 Å². The van der Waals surface area contributed by atoms with Crippen molar-refractivity contribution in [1.82, 2.24) is 14.5 Å². The molecule has 3 aromatic rings. The predicted octanol–water partition coefficient (Wildman–Crippen LogP) is 4.12. The number of hydrogen-bond donors (Lipinski definition) is 1. The number of rotatable bonds is 3. The van der Waals surface area contributed by atoms with Gasteiger partial charge >= 0.3 is 12.1 Å². The molecule has 2 aliphatic heterocycles. The number of aryl methyl sites for hydroxylation is 1. The van der Waals surface area contributed by atoms with Crippen LogP contribution in [0.4, 0.5) is 17.6 Å². The van der Waals surface area contributed by atoms with Gasteiger partial charge in [-0.2, -0.15) is 13.2 Å². The fourth-order valence-corrected chi connectivity index (χ4v) is 5.63. The highest BCUT2D eigenvalue weighted by molar-refractivity contribution is 8.01. The highest BCUT2D eigenvalue weighted by Gasteiger charge is 2.51. The van der Waals surface area contributed by atoms with Gasteiger partial charge < -0.3 is 19.3 Å². The van der Waals surface area contributed by atoms with E-state index in [2.05, 4.69) is 4.98 Å². The summed E-state index contributed by atoms with van der Waals surface area (Å²) in [7, 11) is 2.00. The van der Waals surface area contributed by atoms with Crippen LogP contribution >= 0.6 is 11.8 Å². The standard InChI is InChI=1S/C21H20FN3O2S.C2HF3O2/c1-24-8-6-14-9-15(4-5-18(14)24)20(26)25-12-21(13-25)10-16(11-28-21)27-19-17(22)3-2-7-23-19;3-2(4,5)1(6)7/h2-9,16H,10-13H2,1H3;(H,6,7). The Hall–Kier alpha value is -3.28. The van der Waals surface area contributed by atoms with Crippen molar-refractivity contribution in [2.24, 2.45) is 7.05 Å². The predicted molar refractivity (Wildman–Crippen MR) is 121 cm³/mol. The first-order valence-electron chi connectivity index (χ1n) is 10.5. The van der Waals surface area contributed by atoms with E-state index in [1.165, 1.54) is 12.3 Å². The molecular formula is C23H21F4N3O4S. The molecule has 2 saturated heterocycles. The fourth-order valence-electron chi connectivity index (χ4n) is 4.10. The van der Waals surface area contributed by atoms with Crippen molar-refractivity contribution in [3.05, 3.63) is 60.2 Å². The molecule has 2 aliphatic rings. The van der Waals surface area contributed by atoms with Gasteiger partial charge in [-0.3, -0.25) is 4.79 Å². The first kappa shape index (κ1) is 24.8. The molecule has 35 heavy (non-hydrogen) atoms. The maximum absolute atomic E-state index is 13.8. The molecule has 12 heteroatoms. The number of aliphatic carboxylic acids is 1. The molecule has 5 rings (SSSR count). The van der Waals surface area contributed by atoms with Gasteiger partial charge in [-0.1, -0.05) is 0 Å². The SMILES string of the molecule is Cn1ccc2cc(C(=O)N3CC4(CC(Oc5ncccc5F)CS4)C3)ccc21.O=C(O)C(F)(F)F. The van der Waals surface area contributed by atoms with E-state index in [1.54, 1.807) is 6.07 Å². The molecule has 2 aromatic heterocycles. The highest BCUT2D eigenvalue weighted by Crippen LogP contribution is 2.46. The number of ether oxygens (including phenoxy) is 1. The van der Waals surface area contributed by atoms with Crippen molar-refractivity contribution in [1.29, 1.82) is 0 Å². The molecule has 186 valence electrons. The molecule has 1 unspecified atom stereocenters. The van der Waals surface area contributed by atoms with Gasteiger partial charge in [-0.15, -0.1) is 11.8 Å². The second kappa shape index (κ2) is 9.40. The van der Waals surface area contributed by atoms with Gasteiger partial charge in [0.05, 0.1) is 4.75 Å². The number of halogens is 4. The number of thioether (sulfide) groups is 1. The van der Waals surface area contributed by atoms with E-state index in [0.29, 0.717) is 13.1 Å². The van der Waals surface area contributed by atoms with Crippen molar-refractivity contribution < 1.29 is 37.0 Å². The number of carbonyl (C=O) groups is 2. The van der Waals surface area contributed by atoms with Gasteiger partial charge in [0.15, 0.2) is 5.82 Å². The van der Waals surface area contributed by atoms with Crippen LogP contribution in [0.15, 0.2) is 48.8 Å². The summed E-state index contributed by atoms with van der Waals surface area (Å²) >= 11 is 1.81. The van der Waals surface area contributed by atoms with E-state index in [0.717, 1.165) is 28.6 Å². The third-order valence-corrected chi connectivity index (χ3v) is 7.37. The lowest BCUT2D eigenvalue weighted by atomic mass is 9.92. The number of alkyl halides is 3. The lowest BCUT2D eigenvalue weighted by Crippen LogP contribution is -2.60. The summed E-state index contributed by atoms with van der Waals surface area (Å²) < 4.78 is 53.3. The summed E-state index contributed by atoms with van der Waals surface area (Å²) in [5.41, 5.74) is 1.84. The summed E-state index contributed by atoms with van der Waals surface area (Å²) in [5.74, 6) is -2.28. The average molecular weight is 511 g/mol. The van der Waals surface area contributed by atoms with Gasteiger partial charge in [0.25, 0.3) is 11.8 Å². The second-order valence-electron chi connectivity index (χ2n) is 8.39. The van der Waals surface area contributed by atoms with E-state index < -0.39 is 18.0 Å². The number of benzene rings is 1. The second-order valence-corrected chi connectivity index (χ2v) is 9.88. The molecule has 1 aromatic carbocycles. The van der Waals surface area contributed by atoms with E-state index in [9.17, 15) is 22.4 Å². The summed E-state index contributed by atoms with van der Waals surface area (Å²) in [5, 5.41) is 8.20. The Bertz CT molecular complexity index is 1260. The minimum atomic E-state index is -5.08. The Morgan fingerprint density at radius 3 is 2.60 bits per heavy atom. The first-order valence-corrected chi connectivity index (χ1v) is 11.5. The molecule has 1 amide bonds. The van der Waals surface area contributed by atoms with E-state index >= 15 is 0 Å². The molecule has 1 N–H and O–H groups in total. The summed E-state index contributed by atoms with van der Waals surface area (Å²) in [6.07, 6.45) is -0.830. The van der Waals surface area contributed by atoms with Crippen LogP contribution in [0.25, 0.3) is 10.9 Å². The van der Waals surface area contributed by atoms with Crippen LogP contribution < -0.4 is 4.74 Å². The number of carboxylic acid groups (broad SMARTS) is 1. The lowest BCUT2D eigenvalue weighted by molar-refractivity contribution is -0.192. The number of fused-ring (bicyclic) bond motifs is 1. The Morgan fingerprint density at radius 1 is 1.23 bits per heavy atom. The Kier molecular flexibility index (Phi) is 6.67. The van der Waals surface area contributed by atoms with Crippen molar-refractivity contribution >= 4 is 34.5 Å². The average Bonchev–Trinajstić information content (AvgIpc) is 3.37. The van der Waals surface area contributed by atoms with Crippen LogP contribution in [0.3, 0.4) is 0 Å². The van der Waals surface area contributed by atoms with Crippen LogP contribution in [0, 0.1) is 5.82 Å². The molecule has 0 aliphatic carbocycles. The van der Waals surface area contributed by atoms with E-state index in [4.69, 9.17) is 14.6 Å². The zero-order valence-electron chi connectivity index (χ0n) is 18.5. The van der Waals surface area contributed by atoms with Crippen LogP contribution in [0.2, 0.25) is 0 Å². The van der Waals surface area contributed by atoms with Crippen molar-refractivity contribution in [3.63, 3.8) is 0 Å². The van der Waals surface area contributed by atoms with Crippen molar-refractivity contribution in [3.8, 4) is 5.88 Å². The van der Waals surface area contributed by atoms with Gasteiger partial charge in [-0.05, 0) is 36.4 Å². The largest absolute Gasteiger partial charge is 0.490 e. The Balaban J connectivity index is 0.000000364. The fraction of sp³-hybridized carbons (Fsp3) is 0.348. The number of nitrogens with zero attached hydrogens (tertiary/aromatic N) is 3. The summed E-state index contributed by atoms with van der Waals surface area (Å²) in [6, 6.07) is 10.8. The summed E-state index contributed by atoms with van der Waals surface area (Å²) in [6.45, 7) is 1.40. The molecule has 0 saturated carbocycles. The molecule has 1 spiro atoms. The monoisotopic (exact) mass is 511 g/mol. The van der Waals surface area contributed by atoms with Crippen LogP contribution in [0.1, 0.15) is 16.8 Å². The maximum atomic E-state index is 13.8. The first-order chi connectivity index (χ1) is 16.5. The topological polar surface area (TPSA) is 84.7 Å². The minimum Gasteiger partial charge on any atom is -0.475 e. The van der Waals surface area contributed by atoms with E-state index in [-0.39, 0.29) is 22.6 Å². The minimum absolute atomic E-state index is 0.0163. The van der Waals surface area contributed by atoms with Crippen molar-refractivity contribution in [2.45, 2.75) is 23.4 Å². The number of hydrogen-bond acceptors (Lipinski definition) is 5. The van der Waals surface area contributed by atoms with Crippen LogP contribution in [-0.2, 0) is 11.8 Å². The molecule has 7 nitrogen and oxygen atoms in total. The van der Waals surface area contributed by atoms with Crippen LogP contribution in [0.5, 0.6) is 5.88 Å². The highest BCUT2D eigenvalue weighted by atomic mass is 32.2. The normalized spacial score (nSPS) is 18.7. The molecular weight excluding hydrogens is 490 g/mol. The molecule has 4 heterocycles. The zero-order chi connectivity index (χ0) is 25.4. The molecule has 2 fully saturated rings. The number of likely N-dealkylation sites (tertiary alicyclic amines) is 1. The van der Waals surface area contributed by atoms with Crippen LogP contribution in [-0.4, -0.2) is 67.3 Å². The van der Waals surface area contributed by atoms with Crippen molar-refractivity contribution in [2.75, 3.05) is 18.8 Å². The smallest absolute Gasteiger partial charge is 0.475 e. The Morgan fingerprint density at radius 2 is 1.94 bits per heavy atom. The number of pyridine rings is 1. The number of amides is 1. The third kappa shape index (κ3) is 5.37. The third-order valence-electron chi connectivity index (χ3n) is 5.80. The van der Waals surface area contributed by atoms with Gasteiger partial charge in [0, 0.05) is 61.2 Å². The molecule has 0 radical (unpaired) electrons. The van der Waals surface area contributed by atoms with Gasteiger partial charge in [0.1, 0.15) is 6.10 Å².